The van der Waals surface area contributed by atoms with Crippen molar-refractivity contribution in [2.24, 2.45) is 0 Å². The number of nitrogen functional groups attached to an aromatic ring is 2. The number of nitrogens with one attached hydrogen (secondary N) is 1. The number of carboxylic acids is 3. The van der Waals surface area contributed by atoms with Crippen molar-refractivity contribution in [2.45, 2.75) is 60.5 Å². The van der Waals surface area contributed by atoms with Gasteiger partial charge in [-0.3, -0.25) is 25.0 Å². The van der Waals surface area contributed by atoms with Crippen LogP contribution in [0.4, 0.5) is 37.2 Å². The van der Waals surface area contributed by atoms with Crippen molar-refractivity contribution in [1.29, 1.82) is 26.3 Å². The van der Waals surface area contributed by atoms with Crippen LogP contribution in [0.5, 0.6) is 11.5 Å². The van der Waals surface area contributed by atoms with E-state index in [1.165, 1.54) is 122 Å². The summed E-state index contributed by atoms with van der Waals surface area (Å²) in [5.41, 5.74) is 17.7. The van der Waals surface area contributed by atoms with Crippen molar-refractivity contribution >= 4 is 235 Å². The number of hydrogen-bond donors (Lipinski definition) is 9. The van der Waals surface area contributed by atoms with Gasteiger partial charge in [-0.05, 0) is 242 Å². The quantitative estimate of drug-likeness (QED) is 0.00651. The highest BCUT2D eigenvalue weighted by atomic mass is 35.5. The number of halogens is 9. The molecule has 1 amide bonds. The molecule has 768 valence electrons. The smallest absolute Gasteiger partial charge is 0.338 e. The molecule has 46 heteroatoms. The van der Waals surface area contributed by atoms with E-state index < -0.39 is 63.0 Å². The normalized spacial score (nSPS) is 10.1. The van der Waals surface area contributed by atoms with Gasteiger partial charge in [0.25, 0.3) is 11.6 Å². The van der Waals surface area contributed by atoms with Crippen LogP contribution in [0.25, 0.3) is 0 Å². The molecule has 0 unspecified atom stereocenters. The summed E-state index contributed by atoms with van der Waals surface area (Å²) in [6.45, 7) is 0. The zero-order valence-corrected chi connectivity index (χ0v) is 89.4. The zero-order valence-electron chi connectivity index (χ0n) is 78.3. The number of aliphatic hydroxyl groups excluding tert-OH is 1. The summed E-state index contributed by atoms with van der Waals surface area (Å²) < 4.78 is 49.0. The monoisotopic (exact) mass is 2290 g/mol. The number of amides is 1. The predicted octanol–water partition coefficient (Wildman–Crippen LogP) is 27.6. The first-order chi connectivity index (χ1) is 71.5. The van der Waals surface area contributed by atoms with E-state index >= 15 is 0 Å². The first kappa shape index (κ1) is 124. The average molecular weight is 2300 g/mol. The van der Waals surface area contributed by atoms with Gasteiger partial charge in [0, 0.05) is 121 Å². The molecule has 0 fully saturated rings. The third kappa shape index (κ3) is 39.0. The topological polar surface area (TPSA) is 516 Å². The molecule has 1 aliphatic heterocycles. The van der Waals surface area contributed by atoms with E-state index in [9.17, 15) is 62.6 Å². The average Bonchev–Trinajstić information content (AvgIpc) is 1.60. The van der Waals surface area contributed by atoms with Gasteiger partial charge in [0.1, 0.15) is 47.7 Å². The number of fused-ring (bicyclic) bond motifs is 2. The van der Waals surface area contributed by atoms with Gasteiger partial charge < -0.3 is 60.9 Å². The number of nitrogens with zero attached hydrogens (tertiary/aromatic N) is 7. The van der Waals surface area contributed by atoms with Crippen LogP contribution in [0.2, 0.25) is 35.2 Å². The molecule has 1 aliphatic rings. The van der Waals surface area contributed by atoms with E-state index in [2.05, 4.69) is 56.9 Å². The molecule has 0 atom stereocenters. The van der Waals surface area contributed by atoms with Crippen LogP contribution in [0.15, 0.2) is 316 Å². The molecule has 0 aromatic heterocycles. The second-order valence-corrected chi connectivity index (χ2v) is 37.7. The van der Waals surface area contributed by atoms with Crippen LogP contribution in [0.1, 0.15) is 111 Å². The fraction of sp³-hybridized carbons (Fsp3) is 0.0769. The fourth-order valence-corrected chi connectivity index (χ4v) is 18.5. The lowest BCUT2D eigenvalue weighted by Crippen LogP contribution is -2.12. The molecular weight excluding hydrogens is 2220 g/mol. The Morgan fingerprint density at radius 1 is 0.407 bits per heavy atom. The predicted molar refractivity (Wildman–Crippen MR) is 581 cm³/mol. The molecule has 0 radical (unpaired) electrons. The largest absolute Gasteiger partial charge is 0.497 e. The molecule has 14 aromatic carbocycles. The van der Waals surface area contributed by atoms with E-state index in [-0.39, 0.29) is 50.7 Å². The number of nitriles is 5. The standard InChI is InChI=1S/C15H9ClN2O4S.C15H11ClN2O2S.C15H12ClNOS.C14H10ClNO4S.C14H8ClNO3S.C8H6FNO4.C8H10OS.C7H3ClFN.C7H4ClNS.CH4O/c1-22-15(19)9-3-5-13(12(6-9)18(20)21)23-14-7-11(16)4-2-10(14)8-17;1-20-15(19)9-3-5-13(12(18)6-9)21-14-7-11(16)4-2-10(14)8-17;1-18-14-6-2-11(3-7-14)10-19-15-8-13(16)5-4-12(15)9-17;15-8-2-3-9(14(19)20)12(6-8)21-11-4-1-7(13(17)18)5-10(11)16;15-8-2-3-9-12(6-8)20-11-4-1-7(14(18)19)5-10(11)16-13(9)17;1-14-8(11)5-2-3-6(9)7(4-5)10(12)13;1-9-8-4-2-7(6-10)3-5-8;8-6-2-1-5(4-10)7(9)3-6;8-6-2-1-5(4-9)7(10)3-6;1-2/h2-7H,1H3;2-7H,18H2,1H3;2-8H,10H2,1H3;1-6H,16H2,(H,17,18)(H,19,20);1-6H,(H,16,17)(H,18,19);2-4H,1H3;2-5,10H,6H2,1H3;1-3H;1-3,10H;2H,1H3. The highest BCUT2D eigenvalue weighted by molar-refractivity contribution is 8.00. The number of benzene rings is 14. The molecule has 14 aromatic rings. The lowest BCUT2D eigenvalue weighted by Gasteiger charge is -2.09. The molecule has 150 heavy (non-hydrogen) atoms. The Morgan fingerprint density at radius 3 is 1.23 bits per heavy atom. The lowest BCUT2D eigenvalue weighted by atomic mass is 10.2. The fourth-order valence-electron chi connectivity index (χ4n) is 11.4. The zero-order chi connectivity index (χ0) is 111. The Labute approximate surface area is 923 Å². The molecular formula is C104H77Cl7F2N10O20S7. The number of anilines is 3. The molecule has 0 saturated carbocycles. The van der Waals surface area contributed by atoms with Crippen LogP contribution in [-0.2, 0) is 25.7 Å². The first-order valence-electron chi connectivity index (χ1n) is 41.6. The second-order valence-electron chi connectivity index (χ2n) is 28.5. The summed E-state index contributed by atoms with van der Waals surface area (Å²) in [4.78, 5) is 105. The molecule has 15 rings (SSSR count). The van der Waals surface area contributed by atoms with Crippen LogP contribution >= 0.6 is 165 Å². The number of carbonyl (C=O) groups is 7. The minimum absolute atomic E-state index is 0.0180. The Hall–Kier alpha value is -14.9. The highest BCUT2D eigenvalue weighted by Crippen LogP contribution is 2.44. The third-order valence-electron chi connectivity index (χ3n) is 18.8. The number of aliphatic hydroxyl groups is 1. The summed E-state index contributed by atoms with van der Waals surface area (Å²) >= 11 is 55.3. The van der Waals surface area contributed by atoms with Crippen LogP contribution < -0.4 is 26.3 Å². The number of nitro benzene ring substituents is 2. The van der Waals surface area contributed by atoms with Crippen molar-refractivity contribution in [3.8, 4) is 41.8 Å². The maximum absolute atomic E-state index is 12.8. The van der Waals surface area contributed by atoms with Gasteiger partial charge in [-0.1, -0.05) is 153 Å². The van der Waals surface area contributed by atoms with Crippen molar-refractivity contribution in [3.63, 3.8) is 0 Å². The van der Waals surface area contributed by atoms with Gasteiger partial charge in [-0.15, -0.1) is 24.4 Å². The molecule has 1 heterocycles. The maximum atomic E-state index is 12.8. The number of nitro groups is 2. The third-order valence-corrected chi connectivity index (χ3v) is 26.8. The summed E-state index contributed by atoms with van der Waals surface area (Å²) in [6, 6.07) is 79.7. The molecule has 0 saturated heterocycles. The second kappa shape index (κ2) is 63.1. The van der Waals surface area contributed by atoms with E-state index in [0.717, 1.165) is 111 Å². The van der Waals surface area contributed by atoms with Crippen LogP contribution in [0, 0.1) is 88.5 Å². The number of esters is 3. The Kier molecular flexibility index (Phi) is 52.1. The van der Waals surface area contributed by atoms with Crippen molar-refractivity contribution in [3.05, 3.63) is 412 Å². The maximum Gasteiger partial charge on any atom is 0.338 e. The molecule has 30 nitrogen and oxygen atoms in total. The molecule has 0 aliphatic carbocycles. The number of carbonyl (C=O) groups excluding carboxylic acids is 4. The summed E-state index contributed by atoms with van der Waals surface area (Å²) in [7, 11) is 7.95. The molecule has 0 spiro atoms. The van der Waals surface area contributed by atoms with Crippen LogP contribution in [-0.4, -0.2) is 115 Å². The Bertz CT molecular complexity index is 7450. The van der Waals surface area contributed by atoms with E-state index in [1.54, 1.807) is 141 Å². The van der Waals surface area contributed by atoms with Gasteiger partial charge >= 0.3 is 41.5 Å². The minimum atomic E-state index is -1.08. The minimum Gasteiger partial charge on any atom is -0.497 e. The lowest BCUT2D eigenvalue weighted by molar-refractivity contribution is -0.387. The van der Waals surface area contributed by atoms with Crippen molar-refractivity contribution in [2.75, 3.05) is 59.4 Å². The number of ether oxygens (including phenoxy) is 5. The van der Waals surface area contributed by atoms with Crippen LogP contribution in [0.3, 0.4) is 0 Å². The molecule has 9 N–H and O–H groups in total. The van der Waals surface area contributed by atoms with Gasteiger partial charge in [0.15, 0.2) is 0 Å². The summed E-state index contributed by atoms with van der Waals surface area (Å²) in [5, 5.41) is 106. The van der Waals surface area contributed by atoms with E-state index in [1.807, 2.05) is 66.7 Å². The van der Waals surface area contributed by atoms with E-state index in [0.29, 0.717) is 109 Å². The Balaban J connectivity index is 0.000000260. The number of methoxy groups -OCH3 is 5. The first-order valence-corrected chi connectivity index (χ1v) is 49.5. The van der Waals surface area contributed by atoms with Crippen molar-refractivity contribution < 1.29 is 96.3 Å². The highest BCUT2D eigenvalue weighted by Gasteiger charge is 2.25. The number of carboxylic acid groups (broad SMARTS) is 3. The van der Waals surface area contributed by atoms with Gasteiger partial charge in [0.2, 0.25) is 5.82 Å². The van der Waals surface area contributed by atoms with E-state index in [4.69, 9.17) is 149 Å². The molecule has 0 bridgehead atoms. The number of rotatable bonds is 20. The van der Waals surface area contributed by atoms with Crippen molar-refractivity contribution in [1.82, 2.24) is 0 Å². The number of hydrogen-bond acceptors (Lipinski definition) is 31. The van der Waals surface area contributed by atoms with Gasteiger partial charge in [-0.25, -0.2) is 33.2 Å². The summed E-state index contributed by atoms with van der Waals surface area (Å²) in [6.07, 6.45) is 0. The van der Waals surface area contributed by atoms with Gasteiger partial charge in [-0.2, -0.15) is 43.3 Å². The Morgan fingerprint density at radius 2 is 0.780 bits per heavy atom. The SMILES string of the molecule is CO.COC(=O)c1ccc(F)c([N+](=O)[O-])c1.COC(=O)c1ccc(Sc2cc(Cl)ccc2C#N)c(N)c1.COC(=O)c1ccc(Sc2cc(Cl)ccc2C#N)c([N+](=O)[O-])c1.COc1ccc(CS)cc1.COc1ccc(CSc2cc(Cl)ccc2C#N)cc1.N#Cc1ccc(Cl)cc1F.N#Cc1ccc(Cl)cc1S.Nc1cc(C(=O)O)ccc1Sc1cc(Cl)ccc1C(=O)O.O=C(O)c1ccc2c(c1)NC(=O)c1ccc(Cl)cc1S2. The number of aromatic carboxylic acids is 3. The number of nitrogens with two attached hydrogens (primary N) is 2. The number of thiol groups is 2. The van der Waals surface area contributed by atoms with Gasteiger partial charge in [0.05, 0.1) is 123 Å². The summed E-state index contributed by atoms with van der Waals surface area (Å²) in [5.74, 6) is -3.55. The number of thioether (sulfide) groups is 1.